The minimum atomic E-state index is 1.19. The Balaban J connectivity index is 1.48. The molecule has 0 aromatic heterocycles. The molecule has 0 atom stereocenters. The lowest BCUT2D eigenvalue weighted by Crippen LogP contribution is -2.21. The third kappa shape index (κ3) is 6.91. The summed E-state index contributed by atoms with van der Waals surface area (Å²) < 4.78 is 0. The van der Waals surface area contributed by atoms with Crippen molar-refractivity contribution in [3.8, 4) is 0 Å². The average Bonchev–Trinajstić information content (AvgIpc) is 2.56. The first-order valence-corrected chi connectivity index (χ1v) is 8.61. The fourth-order valence-corrected chi connectivity index (χ4v) is 2.84. The molecule has 0 amide bonds. The third-order valence-electron chi connectivity index (χ3n) is 4.20. The van der Waals surface area contributed by atoms with E-state index in [1.54, 1.807) is 0 Å². The van der Waals surface area contributed by atoms with Crippen LogP contribution in [0.15, 0.2) is 60.7 Å². The zero-order chi connectivity index (χ0) is 15.5. The van der Waals surface area contributed by atoms with Crippen molar-refractivity contribution in [3.05, 3.63) is 71.8 Å². The summed E-state index contributed by atoms with van der Waals surface area (Å²) in [4.78, 5) is 2.48. The molecule has 2 aromatic carbocycles. The van der Waals surface area contributed by atoms with Crippen LogP contribution >= 0.6 is 0 Å². The summed E-state index contributed by atoms with van der Waals surface area (Å²) in [6, 6.07) is 21.6. The molecule has 0 unspecified atom stereocenters. The summed E-state index contributed by atoms with van der Waals surface area (Å²) in [6.45, 7) is 2.43. The molecule has 0 N–H and O–H groups in total. The summed E-state index contributed by atoms with van der Waals surface area (Å²) in [5, 5.41) is 0. The van der Waals surface area contributed by atoms with E-state index in [0.29, 0.717) is 0 Å². The molecule has 2 aromatic rings. The van der Waals surface area contributed by atoms with Crippen molar-refractivity contribution in [1.29, 1.82) is 0 Å². The van der Waals surface area contributed by atoms with Gasteiger partial charge in [0.15, 0.2) is 0 Å². The zero-order valence-corrected chi connectivity index (χ0v) is 13.9. The van der Waals surface area contributed by atoms with Gasteiger partial charge in [0.1, 0.15) is 0 Å². The highest BCUT2D eigenvalue weighted by Gasteiger charge is 1.99. The molecule has 0 aliphatic rings. The molecule has 0 bridgehead atoms. The highest BCUT2D eigenvalue weighted by atomic mass is 15.1. The van der Waals surface area contributed by atoms with Crippen molar-refractivity contribution in [3.63, 3.8) is 0 Å². The van der Waals surface area contributed by atoms with E-state index in [1.807, 2.05) is 0 Å². The number of unbranched alkanes of at least 4 members (excludes halogenated alkanes) is 2. The molecule has 2 rings (SSSR count). The molecular weight excluding hydrogens is 266 g/mol. The van der Waals surface area contributed by atoms with Gasteiger partial charge in [-0.05, 0) is 63.4 Å². The van der Waals surface area contributed by atoms with Crippen LogP contribution in [0.3, 0.4) is 0 Å². The van der Waals surface area contributed by atoms with Gasteiger partial charge in [-0.2, -0.15) is 0 Å². The van der Waals surface area contributed by atoms with E-state index in [0.717, 1.165) is 0 Å². The normalized spacial score (nSPS) is 11.0. The molecule has 1 heteroatoms. The Bertz CT molecular complexity index is 492. The van der Waals surface area contributed by atoms with Crippen LogP contribution in [0.25, 0.3) is 0 Å². The van der Waals surface area contributed by atoms with Gasteiger partial charge < -0.3 is 4.90 Å². The summed E-state index contributed by atoms with van der Waals surface area (Å²) in [5.74, 6) is 0. The first-order valence-electron chi connectivity index (χ1n) is 8.61. The van der Waals surface area contributed by atoms with E-state index in [9.17, 15) is 0 Å². The molecule has 0 heterocycles. The van der Waals surface area contributed by atoms with Crippen LogP contribution in [0, 0.1) is 0 Å². The lowest BCUT2D eigenvalue weighted by atomic mass is 10.1. The molecule has 118 valence electrons. The van der Waals surface area contributed by atoms with Gasteiger partial charge in [0, 0.05) is 0 Å². The predicted molar refractivity (Wildman–Crippen MR) is 96.3 cm³/mol. The largest absolute Gasteiger partial charge is 0.306 e. The van der Waals surface area contributed by atoms with Crippen LogP contribution < -0.4 is 0 Å². The van der Waals surface area contributed by atoms with Crippen LogP contribution in [-0.4, -0.2) is 25.0 Å². The third-order valence-corrected chi connectivity index (χ3v) is 4.20. The molecule has 22 heavy (non-hydrogen) atoms. The molecule has 0 aliphatic heterocycles. The van der Waals surface area contributed by atoms with Gasteiger partial charge in [-0.1, -0.05) is 67.1 Å². The van der Waals surface area contributed by atoms with E-state index in [2.05, 4.69) is 72.6 Å². The molecule has 0 aliphatic carbocycles. The summed E-state index contributed by atoms with van der Waals surface area (Å²) in [7, 11) is 2.25. The maximum Gasteiger partial charge on any atom is -0.00186 e. The molecule has 0 saturated heterocycles. The van der Waals surface area contributed by atoms with Crippen molar-refractivity contribution in [1.82, 2.24) is 4.90 Å². The van der Waals surface area contributed by atoms with Crippen molar-refractivity contribution in [2.24, 2.45) is 0 Å². The van der Waals surface area contributed by atoms with Crippen LogP contribution in [0.2, 0.25) is 0 Å². The van der Waals surface area contributed by atoms with Crippen LogP contribution in [-0.2, 0) is 12.8 Å². The van der Waals surface area contributed by atoms with Gasteiger partial charge in [-0.25, -0.2) is 0 Å². The van der Waals surface area contributed by atoms with Gasteiger partial charge >= 0.3 is 0 Å². The fourth-order valence-electron chi connectivity index (χ4n) is 2.84. The Morgan fingerprint density at radius 1 is 0.591 bits per heavy atom. The van der Waals surface area contributed by atoms with E-state index in [-0.39, 0.29) is 0 Å². The zero-order valence-electron chi connectivity index (χ0n) is 13.9. The first-order chi connectivity index (χ1) is 10.8. The fraction of sp³-hybridized carbons (Fsp3) is 0.429. The second kappa shape index (κ2) is 10.2. The first kappa shape index (κ1) is 16.8. The Hall–Kier alpha value is -1.60. The van der Waals surface area contributed by atoms with Crippen molar-refractivity contribution >= 4 is 0 Å². The smallest absolute Gasteiger partial charge is 0.00186 e. The molecule has 0 spiro atoms. The Labute approximate surface area is 136 Å². The number of hydrogen-bond donors (Lipinski definition) is 0. The Morgan fingerprint density at radius 2 is 1.09 bits per heavy atom. The van der Waals surface area contributed by atoms with Crippen LogP contribution in [0.1, 0.15) is 36.8 Å². The molecule has 0 radical (unpaired) electrons. The number of aryl methyl sites for hydroxylation is 2. The van der Waals surface area contributed by atoms with E-state index >= 15 is 0 Å². The standard InChI is InChI=1S/C21H29N/c1-22(19-11-17-21-14-7-3-8-15-21)18-10-4-9-16-20-12-5-2-6-13-20/h2-3,5-8,12-15H,4,9-11,16-19H2,1H3. The van der Waals surface area contributed by atoms with Crippen LogP contribution in [0.4, 0.5) is 0 Å². The molecular formula is C21H29N. The van der Waals surface area contributed by atoms with Crippen molar-refractivity contribution in [2.75, 3.05) is 20.1 Å². The minimum Gasteiger partial charge on any atom is -0.306 e. The van der Waals surface area contributed by atoms with Gasteiger partial charge in [-0.15, -0.1) is 0 Å². The van der Waals surface area contributed by atoms with Crippen molar-refractivity contribution < 1.29 is 0 Å². The number of rotatable bonds is 10. The maximum absolute atomic E-state index is 2.48. The molecule has 1 nitrogen and oxygen atoms in total. The second-order valence-corrected chi connectivity index (χ2v) is 6.19. The summed E-state index contributed by atoms with van der Waals surface area (Å²) in [6.07, 6.45) is 7.62. The quantitative estimate of drug-likeness (QED) is 0.560. The highest BCUT2D eigenvalue weighted by Crippen LogP contribution is 2.07. The average molecular weight is 295 g/mol. The Kier molecular flexibility index (Phi) is 7.76. The Morgan fingerprint density at radius 3 is 1.68 bits per heavy atom. The number of nitrogens with zero attached hydrogens (tertiary/aromatic N) is 1. The lowest BCUT2D eigenvalue weighted by molar-refractivity contribution is 0.320. The van der Waals surface area contributed by atoms with Gasteiger partial charge in [-0.3, -0.25) is 0 Å². The van der Waals surface area contributed by atoms with Gasteiger partial charge in [0.05, 0.1) is 0 Å². The lowest BCUT2D eigenvalue weighted by Gasteiger charge is -2.16. The second-order valence-electron chi connectivity index (χ2n) is 6.19. The monoisotopic (exact) mass is 295 g/mol. The number of hydrogen-bond acceptors (Lipinski definition) is 1. The van der Waals surface area contributed by atoms with Gasteiger partial charge in [0.25, 0.3) is 0 Å². The van der Waals surface area contributed by atoms with E-state index in [1.165, 1.54) is 62.7 Å². The van der Waals surface area contributed by atoms with E-state index < -0.39 is 0 Å². The number of benzene rings is 2. The van der Waals surface area contributed by atoms with Crippen molar-refractivity contribution in [2.45, 2.75) is 38.5 Å². The summed E-state index contributed by atoms with van der Waals surface area (Å²) in [5.41, 5.74) is 2.93. The topological polar surface area (TPSA) is 3.24 Å². The van der Waals surface area contributed by atoms with Crippen LogP contribution in [0.5, 0.6) is 0 Å². The SMILES string of the molecule is CN(CCCCCc1ccccc1)CCCc1ccccc1. The van der Waals surface area contributed by atoms with Gasteiger partial charge in [0.2, 0.25) is 0 Å². The highest BCUT2D eigenvalue weighted by molar-refractivity contribution is 5.15. The summed E-state index contributed by atoms with van der Waals surface area (Å²) >= 11 is 0. The molecule has 0 saturated carbocycles. The minimum absolute atomic E-state index is 1.19. The van der Waals surface area contributed by atoms with E-state index in [4.69, 9.17) is 0 Å². The molecule has 0 fully saturated rings. The maximum atomic E-state index is 2.48. The predicted octanol–water partition coefficient (Wildman–Crippen LogP) is 4.96.